The molecule has 12 nitrogen and oxygen atoms in total. The Kier molecular flexibility index (Phi) is 7.08. The van der Waals surface area contributed by atoms with Crippen molar-refractivity contribution < 1.29 is 34.1 Å². The van der Waals surface area contributed by atoms with E-state index in [1.54, 1.807) is 19.6 Å². The average molecular weight is 504 g/mol. The van der Waals surface area contributed by atoms with Crippen molar-refractivity contribution >= 4 is 29.4 Å². The van der Waals surface area contributed by atoms with Crippen molar-refractivity contribution in [2.45, 2.75) is 50.9 Å². The van der Waals surface area contributed by atoms with E-state index in [1.165, 1.54) is 43.0 Å². The van der Waals surface area contributed by atoms with Crippen molar-refractivity contribution in [3.05, 3.63) is 63.2 Å². The van der Waals surface area contributed by atoms with E-state index in [1.807, 2.05) is 9.36 Å². The van der Waals surface area contributed by atoms with Gasteiger partial charge in [0.05, 0.1) is 22.8 Å². The molecule has 35 heavy (non-hydrogen) atoms. The van der Waals surface area contributed by atoms with Crippen molar-refractivity contribution in [2.24, 2.45) is 11.8 Å². The molecule has 13 heteroatoms. The van der Waals surface area contributed by atoms with Crippen molar-refractivity contribution in [3.8, 4) is 0 Å². The van der Waals surface area contributed by atoms with E-state index in [4.69, 9.17) is 4.74 Å². The van der Waals surface area contributed by atoms with Crippen molar-refractivity contribution in [2.75, 3.05) is 0 Å². The highest BCUT2D eigenvalue weighted by Crippen LogP contribution is 2.41. The largest absolute Gasteiger partial charge is 0.550 e. The van der Waals surface area contributed by atoms with E-state index in [2.05, 4.69) is 10.3 Å². The molecule has 2 aliphatic rings. The molecule has 1 aromatic heterocycles. The lowest BCUT2D eigenvalue weighted by molar-refractivity contribution is -0.758. The third kappa shape index (κ3) is 5.15. The molecule has 0 bridgehead atoms. The fraction of sp³-hybridized carbons (Fsp3) is 0.455. The van der Waals surface area contributed by atoms with Crippen LogP contribution in [0.3, 0.4) is 0 Å². The van der Waals surface area contributed by atoms with Gasteiger partial charge in [0.15, 0.2) is 0 Å². The standard InChI is InChI=1S/C22H25N5O7S/c1-12-18(17(13(2)28)21(29)30)24-19(20(12)35-16-7-25-10-23-11-26(25)8-16)22(31)34-9-14-3-5-15(6-4-14)27(32)33/h3-6,10-13,16-18,24,28H,7-9H2,1-2H3/t12-,13-,17-,18-/m1/s1. The number of thioether (sulfide) groups is 1. The van der Waals surface area contributed by atoms with E-state index in [0.717, 1.165) is 0 Å². The van der Waals surface area contributed by atoms with Crippen LogP contribution in [0.2, 0.25) is 0 Å². The summed E-state index contributed by atoms with van der Waals surface area (Å²) in [4.78, 5) is 39.9. The van der Waals surface area contributed by atoms with Crippen LogP contribution in [0, 0.1) is 22.0 Å². The number of nitrogens with zero attached hydrogens (tertiary/aromatic N) is 4. The van der Waals surface area contributed by atoms with Crippen LogP contribution in [0.5, 0.6) is 0 Å². The predicted octanol–water partition coefficient (Wildman–Crippen LogP) is -0.496. The highest BCUT2D eigenvalue weighted by atomic mass is 32.2. The van der Waals surface area contributed by atoms with Gasteiger partial charge in [0.25, 0.3) is 5.69 Å². The minimum Gasteiger partial charge on any atom is -0.550 e. The zero-order valence-electron chi connectivity index (χ0n) is 19.1. The summed E-state index contributed by atoms with van der Waals surface area (Å²) >= 11 is 1.47. The predicted molar refractivity (Wildman–Crippen MR) is 120 cm³/mol. The van der Waals surface area contributed by atoms with Gasteiger partial charge in [-0.1, -0.05) is 6.92 Å². The van der Waals surface area contributed by atoms with Gasteiger partial charge in [-0.2, -0.15) is 9.36 Å². The first-order chi connectivity index (χ1) is 16.7. The number of aliphatic carboxylic acids is 1. The van der Waals surface area contributed by atoms with Gasteiger partial charge in [0, 0.05) is 40.9 Å². The molecule has 4 atom stereocenters. The molecule has 186 valence electrons. The van der Waals surface area contributed by atoms with Crippen molar-refractivity contribution in [1.29, 1.82) is 0 Å². The summed E-state index contributed by atoms with van der Waals surface area (Å²) in [5, 5.41) is 35.8. The number of non-ortho nitro benzene ring substituents is 1. The van der Waals surface area contributed by atoms with E-state index in [0.29, 0.717) is 23.6 Å². The highest BCUT2D eigenvalue weighted by molar-refractivity contribution is 8.03. The molecular weight excluding hydrogens is 478 g/mol. The normalized spacial score (nSPS) is 22.9. The molecule has 4 rings (SSSR count). The van der Waals surface area contributed by atoms with Crippen LogP contribution in [0.4, 0.5) is 5.69 Å². The number of nitrogens with one attached hydrogen (secondary N) is 1. The molecular formula is C22H25N5O7S. The lowest BCUT2D eigenvalue weighted by Crippen LogP contribution is -2.50. The number of nitro benzene ring substituents is 1. The van der Waals surface area contributed by atoms with Crippen LogP contribution in [-0.2, 0) is 34.0 Å². The molecule has 0 saturated heterocycles. The Bertz CT molecular complexity index is 1140. The number of ether oxygens (including phenoxy) is 1. The fourth-order valence-corrected chi connectivity index (χ4v) is 5.84. The first kappa shape index (κ1) is 24.7. The van der Waals surface area contributed by atoms with Gasteiger partial charge in [-0.25, -0.2) is 4.79 Å². The summed E-state index contributed by atoms with van der Waals surface area (Å²) in [5.41, 5.74) is 0.648. The number of carbonyl (C=O) groups is 2. The second kappa shape index (κ2) is 10.0. The fourth-order valence-electron chi connectivity index (χ4n) is 4.41. The Morgan fingerprint density at radius 2 is 2.11 bits per heavy atom. The molecule has 0 spiro atoms. The summed E-state index contributed by atoms with van der Waals surface area (Å²) in [6.45, 7) is 4.39. The number of aliphatic hydroxyl groups excluding tert-OH is 1. The third-order valence-corrected chi connectivity index (χ3v) is 7.68. The van der Waals surface area contributed by atoms with E-state index < -0.39 is 40.8 Å². The number of rotatable bonds is 9. The summed E-state index contributed by atoms with van der Waals surface area (Å²) in [6, 6.07) is 4.88. The zero-order chi connectivity index (χ0) is 25.3. The van der Waals surface area contributed by atoms with E-state index in [9.17, 15) is 29.9 Å². The molecule has 2 aromatic rings. The number of esters is 1. The van der Waals surface area contributed by atoms with Crippen LogP contribution < -0.4 is 15.1 Å². The van der Waals surface area contributed by atoms with Gasteiger partial charge < -0.3 is 25.1 Å². The molecule has 0 fully saturated rings. The first-order valence-corrected chi connectivity index (χ1v) is 11.9. The molecule has 2 aliphatic heterocycles. The molecule has 0 radical (unpaired) electrons. The van der Waals surface area contributed by atoms with Crippen LogP contribution >= 0.6 is 11.8 Å². The number of carbonyl (C=O) groups excluding carboxylic acids is 2. The lowest BCUT2D eigenvalue weighted by atomic mass is 9.87. The molecule has 2 N–H and O–H groups in total. The molecule has 0 saturated carbocycles. The molecule has 3 heterocycles. The molecule has 0 unspecified atom stereocenters. The van der Waals surface area contributed by atoms with E-state index in [-0.39, 0.29) is 23.2 Å². The summed E-state index contributed by atoms with van der Waals surface area (Å²) in [6.07, 6.45) is 2.23. The lowest BCUT2D eigenvalue weighted by Gasteiger charge is -2.31. The summed E-state index contributed by atoms with van der Waals surface area (Å²) in [7, 11) is 0. The van der Waals surface area contributed by atoms with Gasteiger partial charge >= 0.3 is 12.3 Å². The summed E-state index contributed by atoms with van der Waals surface area (Å²) < 4.78 is 9.37. The SMILES string of the molecule is C[C@@H](O)[C@@H](C(=O)[O-])[C@@H]1NC(C(=O)OCc2ccc([N+](=O)[O-])cc2)=C(SC2Cn3cnc[n+]3C2)[C@@H]1C. The monoisotopic (exact) mass is 503 g/mol. The van der Waals surface area contributed by atoms with Gasteiger partial charge in [-0.05, 0) is 29.6 Å². The van der Waals surface area contributed by atoms with Crippen LogP contribution in [0.15, 0.2) is 47.5 Å². The Morgan fingerprint density at radius 1 is 1.40 bits per heavy atom. The molecule has 0 aliphatic carbocycles. The van der Waals surface area contributed by atoms with Gasteiger partial charge in [-0.3, -0.25) is 10.1 Å². The van der Waals surface area contributed by atoms with Gasteiger partial charge in [0.2, 0.25) is 6.33 Å². The third-order valence-electron chi connectivity index (χ3n) is 6.21. The van der Waals surface area contributed by atoms with Crippen molar-refractivity contribution in [1.82, 2.24) is 15.0 Å². The second-order valence-electron chi connectivity index (χ2n) is 8.65. The Hall–Kier alpha value is -3.45. The minimum absolute atomic E-state index is 0.0721. The number of carboxylic acid groups (broad SMARTS) is 1. The first-order valence-electron chi connectivity index (χ1n) is 11.0. The maximum absolute atomic E-state index is 13.1. The highest BCUT2D eigenvalue weighted by Gasteiger charge is 2.43. The number of fused-ring (bicyclic) bond motifs is 1. The Labute approximate surface area is 204 Å². The number of carboxylic acids is 1. The van der Waals surface area contributed by atoms with Crippen LogP contribution in [-0.4, -0.2) is 49.0 Å². The average Bonchev–Trinajstić information content (AvgIpc) is 3.47. The zero-order valence-corrected chi connectivity index (χ0v) is 19.9. The van der Waals surface area contributed by atoms with E-state index >= 15 is 0 Å². The number of nitro groups is 1. The van der Waals surface area contributed by atoms with Crippen molar-refractivity contribution in [3.63, 3.8) is 0 Å². The quantitative estimate of drug-likeness (QED) is 0.197. The second-order valence-corrected chi connectivity index (χ2v) is 9.99. The number of benzene rings is 1. The minimum atomic E-state index is -1.41. The molecule has 0 amide bonds. The van der Waals surface area contributed by atoms with Gasteiger partial charge in [-0.15, -0.1) is 11.8 Å². The Balaban J connectivity index is 1.53. The van der Waals surface area contributed by atoms with Crippen LogP contribution in [0.25, 0.3) is 0 Å². The van der Waals surface area contributed by atoms with Crippen LogP contribution in [0.1, 0.15) is 19.4 Å². The summed E-state index contributed by atoms with van der Waals surface area (Å²) in [5.74, 6) is -3.72. The maximum Gasteiger partial charge on any atom is 0.355 e. The maximum atomic E-state index is 13.1. The van der Waals surface area contributed by atoms with Gasteiger partial charge in [0.1, 0.15) is 18.8 Å². The number of hydrogen-bond donors (Lipinski definition) is 2. The number of hydrogen-bond acceptors (Lipinski definition) is 10. The smallest absolute Gasteiger partial charge is 0.355 e. The topological polar surface area (TPSA) is 164 Å². The molecule has 1 aromatic carbocycles. The Morgan fingerprint density at radius 3 is 2.71 bits per heavy atom. The number of aliphatic hydroxyl groups is 1. The number of aromatic nitrogens is 3.